The summed E-state index contributed by atoms with van der Waals surface area (Å²) in [5, 5.41) is 29.3. The number of hydrogen-bond acceptors (Lipinski definition) is 5. The van der Waals surface area contributed by atoms with Crippen molar-refractivity contribution < 1.29 is 15.1 Å². The second-order valence-electron chi connectivity index (χ2n) is 3.14. The molecule has 16 heavy (non-hydrogen) atoms. The summed E-state index contributed by atoms with van der Waals surface area (Å²) in [6, 6.07) is 3.73. The monoisotopic (exact) mass is 222 g/mol. The van der Waals surface area contributed by atoms with E-state index in [-0.39, 0.29) is 16.7 Å². The summed E-state index contributed by atoms with van der Waals surface area (Å²) in [6.45, 7) is 0. The summed E-state index contributed by atoms with van der Waals surface area (Å²) in [4.78, 5) is 23.0. The lowest BCUT2D eigenvalue weighted by atomic mass is 10.2. The van der Waals surface area contributed by atoms with Crippen LogP contribution in [0.3, 0.4) is 0 Å². The van der Waals surface area contributed by atoms with Gasteiger partial charge in [-0.05, 0) is 12.1 Å². The van der Waals surface area contributed by atoms with Gasteiger partial charge in [-0.25, -0.2) is 0 Å². The van der Waals surface area contributed by atoms with Gasteiger partial charge in [-0.2, -0.15) is 0 Å². The van der Waals surface area contributed by atoms with E-state index in [9.17, 15) is 20.0 Å². The summed E-state index contributed by atoms with van der Waals surface area (Å²) in [6.07, 6.45) is 0. The Kier molecular flexibility index (Phi) is 2.01. The van der Waals surface area contributed by atoms with E-state index in [0.717, 1.165) is 0 Å². The predicted molar refractivity (Wildman–Crippen MR) is 54.6 cm³/mol. The number of phenols is 1. The van der Waals surface area contributed by atoms with Gasteiger partial charge in [0.2, 0.25) is 5.75 Å². The number of nitrogens with zero attached hydrogens (tertiary/aromatic N) is 1. The van der Waals surface area contributed by atoms with Crippen LogP contribution < -0.4 is 5.56 Å². The van der Waals surface area contributed by atoms with Gasteiger partial charge < -0.3 is 15.2 Å². The molecule has 1 aromatic carbocycles. The van der Waals surface area contributed by atoms with Crippen molar-refractivity contribution in [2.24, 2.45) is 0 Å². The van der Waals surface area contributed by atoms with Gasteiger partial charge in [0.05, 0.1) is 10.4 Å². The lowest BCUT2D eigenvalue weighted by Gasteiger charge is -2.01. The highest BCUT2D eigenvalue weighted by atomic mass is 16.6. The maximum Gasteiger partial charge on any atom is 0.375 e. The van der Waals surface area contributed by atoms with Crippen molar-refractivity contribution in [2.45, 2.75) is 0 Å². The molecule has 2 rings (SSSR count). The molecule has 7 nitrogen and oxygen atoms in total. The van der Waals surface area contributed by atoms with E-state index < -0.39 is 21.9 Å². The zero-order valence-electron chi connectivity index (χ0n) is 7.80. The maximum absolute atomic E-state index is 11.3. The van der Waals surface area contributed by atoms with Crippen LogP contribution in [0.25, 0.3) is 10.9 Å². The molecule has 1 aromatic heterocycles. The van der Waals surface area contributed by atoms with E-state index in [1.165, 1.54) is 18.2 Å². The fraction of sp³-hybridized carbons (Fsp3) is 0. The number of nitrogens with one attached hydrogen (secondary N) is 1. The van der Waals surface area contributed by atoms with Crippen LogP contribution in [-0.4, -0.2) is 20.1 Å². The first kappa shape index (κ1) is 9.97. The second kappa shape index (κ2) is 3.23. The van der Waals surface area contributed by atoms with E-state index in [2.05, 4.69) is 4.98 Å². The Morgan fingerprint density at radius 3 is 2.62 bits per heavy atom. The molecule has 82 valence electrons. The summed E-state index contributed by atoms with van der Waals surface area (Å²) < 4.78 is 0. The van der Waals surface area contributed by atoms with Crippen LogP contribution in [0.4, 0.5) is 5.69 Å². The van der Waals surface area contributed by atoms with Crippen molar-refractivity contribution >= 4 is 16.6 Å². The van der Waals surface area contributed by atoms with E-state index >= 15 is 0 Å². The molecule has 0 spiro atoms. The first-order chi connectivity index (χ1) is 7.50. The second-order valence-corrected chi connectivity index (χ2v) is 3.14. The third-order valence-corrected chi connectivity index (χ3v) is 2.13. The van der Waals surface area contributed by atoms with E-state index in [1.807, 2.05) is 0 Å². The van der Waals surface area contributed by atoms with Crippen LogP contribution in [0.15, 0.2) is 23.0 Å². The van der Waals surface area contributed by atoms with Gasteiger partial charge in [-0.1, -0.05) is 0 Å². The molecule has 0 radical (unpaired) electrons. The molecule has 0 aliphatic carbocycles. The Bertz CT molecular complexity index is 646. The molecule has 0 saturated heterocycles. The van der Waals surface area contributed by atoms with Gasteiger partial charge >= 0.3 is 11.2 Å². The van der Waals surface area contributed by atoms with E-state index in [4.69, 9.17) is 5.11 Å². The van der Waals surface area contributed by atoms with E-state index in [0.29, 0.717) is 0 Å². The molecule has 0 atom stereocenters. The van der Waals surface area contributed by atoms with Crippen LogP contribution in [0.1, 0.15) is 0 Å². The van der Waals surface area contributed by atoms with Crippen LogP contribution >= 0.6 is 0 Å². The molecule has 0 fully saturated rings. The number of hydrogen-bond donors (Lipinski definition) is 3. The minimum Gasteiger partial charge on any atom is -0.508 e. The van der Waals surface area contributed by atoms with Gasteiger partial charge in [0.15, 0.2) is 0 Å². The van der Waals surface area contributed by atoms with Crippen LogP contribution in [-0.2, 0) is 0 Å². The molecule has 0 unspecified atom stereocenters. The minimum absolute atomic E-state index is 0.101. The Morgan fingerprint density at radius 1 is 1.31 bits per heavy atom. The SMILES string of the molecule is O=c1[nH]c2cc(O)ccc2c(O)c1[N+](=O)[O-]. The average Bonchev–Trinajstić information content (AvgIpc) is 2.15. The number of phenolic OH excluding ortho intramolecular Hbond substituents is 1. The zero-order chi connectivity index (χ0) is 11.9. The normalized spacial score (nSPS) is 10.5. The van der Waals surface area contributed by atoms with Crippen molar-refractivity contribution in [1.29, 1.82) is 0 Å². The molecule has 0 aliphatic rings. The molecule has 0 saturated carbocycles. The number of aromatic amines is 1. The highest BCUT2D eigenvalue weighted by Crippen LogP contribution is 2.30. The molecule has 3 N–H and O–H groups in total. The van der Waals surface area contributed by atoms with Crippen LogP contribution in [0.2, 0.25) is 0 Å². The molecule has 1 heterocycles. The number of fused-ring (bicyclic) bond motifs is 1. The minimum atomic E-state index is -1.01. The van der Waals surface area contributed by atoms with Crippen molar-refractivity contribution in [3.05, 3.63) is 38.7 Å². The molecule has 0 bridgehead atoms. The fourth-order valence-corrected chi connectivity index (χ4v) is 1.43. The van der Waals surface area contributed by atoms with Crippen molar-refractivity contribution in [3.63, 3.8) is 0 Å². The van der Waals surface area contributed by atoms with Crippen molar-refractivity contribution in [3.8, 4) is 11.5 Å². The maximum atomic E-state index is 11.3. The molecule has 7 heteroatoms. The molecule has 2 aromatic rings. The number of pyridine rings is 1. The van der Waals surface area contributed by atoms with E-state index in [1.54, 1.807) is 0 Å². The van der Waals surface area contributed by atoms with Crippen molar-refractivity contribution in [2.75, 3.05) is 0 Å². The summed E-state index contributed by atoms with van der Waals surface area (Å²) in [5.74, 6) is -0.819. The van der Waals surface area contributed by atoms with Crippen molar-refractivity contribution in [1.82, 2.24) is 4.98 Å². The smallest absolute Gasteiger partial charge is 0.375 e. The third kappa shape index (κ3) is 1.34. The Balaban J connectivity index is 2.94. The van der Waals surface area contributed by atoms with Gasteiger partial charge in [0.1, 0.15) is 5.75 Å². The molecule has 0 aliphatic heterocycles. The number of H-pyrrole nitrogens is 1. The summed E-state index contributed by atoms with van der Waals surface area (Å²) in [7, 11) is 0. The van der Waals surface area contributed by atoms with Gasteiger partial charge in [0, 0.05) is 11.5 Å². The first-order valence-corrected chi connectivity index (χ1v) is 4.23. The number of aromatic hydroxyl groups is 2. The lowest BCUT2D eigenvalue weighted by Crippen LogP contribution is -2.11. The zero-order valence-corrected chi connectivity index (χ0v) is 7.80. The Hall–Kier alpha value is -2.57. The highest BCUT2D eigenvalue weighted by molar-refractivity contribution is 5.88. The average molecular weight is 222 g/mol. The quantitative estimate of drug-likeness (QED) is 0.488. The highest BCUT2D eigenvalue weighted by Gasteiger charge is 2.22. The number of rotatable bonds is 1. The fourth-order valence-electron chi connectivity index (χ4n) is 1.43. The summed E-state index contributed by atoms with van der Waals surface area (Å²) >= 11 is 0. The molecular weight excluding hydrogens is 216 g/mol. The number of nitro groups is 1. The topological polar surface area (TPSA) is 116 Å². The molecule has 0 amide bonds. The first-order valence-electron chi connectivity index (χ1n) is 4.23. The number of benzene rings is 1. The van der Waals surface area contributed by atoms with Gasteiger partial charge in [0.25, 0.3) is 0 Å². The number of aromatic nitrogens is 1. The molecular formula is C9H6N2O5. The standard InChI is InChI=1S/C9H6N2O5/c12-4-1-2-5-6(3-4)10-9(14)7(8(5)13)11(15)16/h1-3,12H,(H2,10,13,14). The van der Waals surface area contributed by atoms with Gasteiger partial charge in [-0.3, -0.25) is 14.9 Å². The largest absolute Gasteiger partial charge is 0.508 e. The summed E-state index contributed by atoms with van der Waals surface area (Å²) in [5.41, 5.74) is -1.79. The third-order valence-electron chi connectivity index (χ3n) is 2.13. The Labute approximate surface area is 87.7 Å². The predicted octanol–water partition coefficient (Wildman–Crippen LogP) is 0.847. The van der Waals surface area contributed by atoms with Gasteiger partial charge in [-0.15, -0.1) is 0 Å². The lowest BCUT2D eigenvalue weighted by molar-refractivity contribution is -0.387. The Morgan fingerprint density at radius 2 is 2.00 bits per heavy atom. The van der Waals surface area contributed by atoms with Crippen LogP contribution in [0, 0.1) is 10.1 Å². The van der Waals surface area contributed by atoms with Crippen LogP contribution in [0.5, 0.6) is 11.5 Å².